The van der Waals surface area contributed by atoms with Crippen molar-refractivity contribution in [2.24, 2.45) is 0 Å². The van der Waals surface area contributed by atoms with Crippen molar-refractivity contribution in [2.75, 3.05) is 16.8 Å². The average Bonchev–Trinajstić information content (AvgIpc) is 2.89. The standard InChI is InChI=1S/C12H13ClN4OS2/c1-2-10-16-12(20-17-10)19-6-11(18)15-7-3-4-8(13)9(14)5-7/h3-5H,2,6,14H2,1H3,(H,15,18). The van der Waals surface area contributed by atoms with Crippen molar-refractivity contribution in [3.63, 3.8) is 0 Å². The van der Waals surface area contributed by atoms with Gasteiger partial charge in [0, 0.05) is 12.1 Å². The Labute approximate surface area is 130 Å². The predicted molar refractivity (Wildman–Crippen MR) is 84.5 cm³/mol. The van der Waals surface area contributed by atoms with Gasteiger partial charge >= 0.3 is 0 Å². The van der Waals surface area contributed by atoms with Crippen LogP contribution in [-0.2, 0) is 11.2 Å². The van der Waals surface area contributed by atoms with Crippen LogP contribution in [0.2, 0.25) is 5.02 Å². The molecule has 2 aromatic rings. The summed E-state index contributed by atoms with van der Waals surface area (Å²) >= 11 is 8.50. The minimum absolute atomic E-state index is 0.120. The van der Waals surface area contributed by atoms with Gasteiger partial charge in [0.25, 0.3) is 0 Å². The molecule has 0 bridgehead atoms. The van der Waals surface area contributed by atoms with Gasteiger partial charge in [-0.2, -0.15) is 4.37 Å². The zero-order valence-electron chi connectivity index (χ0n) is 10.7. The molecule has 0 atom stereocenters. The molecule has 0 aliphatic carbocycles. The Morgan fingerprint density at radius 3 is 3.00 bits per heavy atom. The van der Waals surface area contributed by atoms with Crippen LogP contribution >= 0.6 is 34.9 Å². The fourth-order valence-corrected chi connectivity index (χ4v) is 3.00. The number of hydrogen-bond donors (Lipinski definition) is 2. The van der Waals surface area contributed by atoms with Gasteiger partial charge in [0.05, 0.1) is 16.5 Å². The van der Waals surface area contributed by atoms with Crippen LogP contribution in [0.3, 0.4) is 0 Å². The first kappa shape index (κ1) is 15.1. The minimum Gasteiger partial charge on any atom is -0.397 e. The summed E-state index contributed by atoms with van der Waals surface area (Å²) in [5.74, 6) is 0.967. The van der Waals surface area contributed by atoms with Crippen molar-refractivity contribution in [1.82, 2.24) is 9.36 Å². The van der Waals surface area contributed by atoms with Crippen LogP contribution in [-0.4, -0.2) is 21.0 Å². The Morgan fingerprint density at radius 2 is 2.35 bits per heavy atom. The van der Waals surface area contributed by atoms with E-state index < -0.39 is 0 Å². The third kappa shape index (κ3) is 4.09. The zero-order chi connectivity index (χ0) is 14.5. The number of carbonyl (C=O) groups excluding carboxylic acids is 1. The monoisotopic (exact) mass is 328 g/mol. The molecule has 0 radical (unpaired) electrons. The number of aromatic nitrogens is 2. The van der Waals surface area contributed by atoms with E-state index in [0.717, 1.165) is 16.6 Å². The van der Waals surface area contributed by atoms with Crippen LogP contribution in [0.5, 0.6) is 0 Å². The Kier molecular flexibility index (Phi) is 5.22. The first-order valence-electron chi connectivity index (χ1n) is 5.88. The van der Waals surface area contributed by atoms with Gasteiger partial charge in [-0.25, -0.2) is 4.98 Å². The van der Waals surface area contributed by atoms with Gasteiger partial charge in [-0.15, -0.1) is 0 Å². The average molecular weight is 329 g/mol. The van der Waals surface area contributed by atoms with Gasteiger partial charge in [-0.3, -0.25) is 4.79 Å². The summed E-state index contributed by atoms with van der Waals surface area (Å²) in [6, 6.07) is 4.99. The molecule has 1 aromatic carbocycles. The number of aryl methyl sites for hydroxylation is 1. The number of rotatable bonds is 5. The number of benzene rings is 1. The van der Waals surface area contributed by atoms with Gasteiger partial charge in [-0.05, 0) is 29.7 Å². The van der Waals surface area contributed by atoms with Gasteiger partial charge in [0.15, 0.2) is 4.34 Å². The second kappa shape index (κ2) is 6.92. The topological polar surface area (TPSA) is 80.9 Å². The molecular weight excluding hydrogens is 316 g/mol. The second-order valence-electron chi connectivity index (χ2n) is 3.90. The molecular formula is C12H13ClN4OS2. The van der Waals surface area contributed by atoms with Gasteiger partial charge in [-0.1, -0.05) is 30.3 Å². The van der Waals surface area contributed by atoms with Crippen LogP contribution < -0.4 is 11.1 Å². The van der Waals surface area contributed by atoms with Gasteiger partial charge in [0.1, 0.15) is 5.82 Å². The van der Waals surface area contributed by atoms with Crippen LogP contribution in [0.15, 0.2) is 22.5 Å². The number of amides is 1. The van der Waals surface area contributed by atoms with E-state index in [-0.39, 0.29) is 11.7 Å². The minimum atomic E-state index is -0.120. The number of nitrogens with two attached hydrogens (primary N) is 1. The molecule has 0 saturated heterocycles. The molecule has 20 heavy (non-hydrogen) atoms. The highest BCUT2D eigenvalue weighted by atomic mass is 35.5. The lowest BCUT2D eigenvalue weighted by atomic mass is 10.3. The normalized spacial score (nSPS) is 10.5. The lowest BCUT2D eigenvalue weighted by Crippen LogP contribution is -2.14. The van der Waals surface area contributed by atoms with Crippen molar-refractivity contribution in [1.29, 1.82) is 0 Å². The molecule has 8 heteroatoms. The molecule has 106 valence electrons. The molecule has 0 spiro atoms. The summed E-state index contributed by atoms with van der Waals surface area (Å²) in [5.41, 5.74) is 6.74. The molecule has 0 aliphatic rings. The third-order valence-corrected chi connectivity index (χ3v) is 4.59. The zero-order valence-corrected chi connectivity index (χ0v) is 13.1. The van der Waals surface area contributed by atoms with E-state index in [0.29, 0.717) is 16.4 Å². The Hall–Kier alpha value is -1.31. The first-order chi connectivity index (χ1) is 9.58. The molecule has 1 aromatic heterocycles. The number of nitrogens with zero attached hydrogens (tertiary/aromatic N) is 2. The number of thioether (sulfide) groups is 1. The van der Waals surface area contributed by atoms with E-state index in [1.807, 2.05) is 6.92 Å². The molecule has 1 amide bonds. The third-order valence-electron chi connectivity index (χ3n) is 2.37. The summed E-state index contributed by atoms with van der Waals surface area (Å²) in [6.45, 7) is 1.99. The molecule has 2 rings (SSSR count). The maximum absolute atomic E-state index is 11.8. The number of anilines is 2. The summed E-state index contributed by atoms with van der Waals surface area (Å²) in [4.78, 5) is 16.1. The van der Waals surface area contributed by atoms with Crippen molar-refractivity contribution in [2.45, 2.75) is 17.7 Å². The SMILES string of the molecule is CCc1nsc(SCC(=O)Nc2ccc(Cl)c(N)c2)n1. The lowest BCUT2D eigenvalue weighted by Gasteiger charge is -2.06. The van der Waals surface area contributed by atoms with E-state index in [1.54, 1.807) is 18.2 Å². The van der Waals surface area contributed by atoms with Crippen molar-refractivity contribution < 1.29 is 4.79 Å². The molecule has 1 heterocycles. The summed E-state index contributed by atoms with van der Waals surface area (Å²) < 4.78 is 4.96. The van der Waals surface area contributed by atoms with E-state index >= 15 is 0 Å². The molecule has 0 unspecified atom stereocenters. The highest BCUT2D eigenvalue weighted by molar-refractivity contribution is 8.01. The van der Waals surface area contributed by atoms with Crippen LogP contribution in [0, 0.1) is 0 Å². The maximum atomic E-state index is 11.8. The number of nitrogens with one attached hydrogen (secondary N) is 1. The molecule has 3 N–H and O–H groups in total. The van der Waals surface area contributed by atoms with E-state index in [9.17, 15) is 4.79 Å². The highest BCUT2D eigenvalue weighted by Gasteiger charge is 2.08. The Balaban J connectivity index is 1.87. The second-order valence-corrected chi connectivity index (χ2v) is 6.28. The lowest BCUT2D eigenvalue weighted by molar-refractivity contribution is -0.113. The van der Waals surface area contributed by atoms with Crippen molar-refractivity contribution in [3.8, 4) is 0 Å². The van der Waals surface area contributed by atoms with Crippen molar-refractivity contribution in [3.05, 3.63) is 29.0 Å². The van der Waals surface area contributed by atoms with E-state index in [4.69, 9.17) is 17.3 Å². The largest absolute Gasteiger partial charge is 0.397 e. The van der Waals surface area contributed by atoms with Crippen molar-refractivity contribution >= 4 is 52.2 Å². The number of nitrogen functional groups attached to an aromatic ring is 1. The van der Waals surface area contributed by atoms with Crippen LogP contribution in [0.25, 0.3) is 0 Å². The summed E-state index contributed by atoms with van der Waals surface area (Å²) in [7, 11) is 0. The predicted octanol–water partition coefficient (Wildman–Crippen LogP) is 3.07. The van der Waals surface area contributed by atoms with E-state index in [2.05, 4.69) is 14.7 Å². The molecule has 0 fully saturated rings. The summed E-state index contributed by atoms with van der Waals surface area (Å²) in [6.07, 6.45) is 0.799. The molecule has 0 saturated carbocycles. The van der Waals surface area contributed by atoms with Gasteiger partial charge in [0.2, 0.25) is 5.91 Å². The fourth-order valence-electron chi connectivity index (χ4n) is 1.39. The number of carbonyl (C=O) groups is 1. The smallest absolute Gasteiger partial charge is 0.234 e. The first-order valence-corrected chi connectivity index (χ1v) is 8.02. The van der Waals surface area contributed by atoms with Crippen LogP contribution in [0.1, 0.15) is 12.7 Å². The Morgan fingerprint density at radius 1 is 1.55 bits per heavy atom. The maximum Gasteiger partial charge on any atom is 0.234 e. The number of halogens is 1. The van der Waals surface area contributed by atoms with Gasteiger partial charge < -0.3 is 11.1 Å². The number of hydrogen-bond acceptors (Lipinski definition) is 6. The molecule has 5 nitrogen and oxygen atoms in total. The molecule has 0 aliphatic heterocycles. The fraction of sp³-hybridized carbons (Fsp3) is 0.250. The summed E-state index contributed by atoms with van der Waals surface area (Å²) in [5, 5.41) is 3.23. The quantitative estimate of drug-likeness (QED) is 0.651. The highest BCUT2D eigenvalue weighted by Crippen LogP contribution is 2.23. The Bertz CT molecular complexity index is 617. The van der Waals surface area contributed by atoms with Crippen LogP contribution in [0.4, 0.5) is 11.4 Å². The van der Waals surface area contributed by atoms with E-state index in [1.165, 1.54) is 23.3 Å².